The molecule has 0 aromatic carbocycles. The van der Waals surface area contributed by atoms with Crippen molar-refractivity contribution >= 4 is 6.21 Å². The highest BCUT2D eigenvalue weighted by atomic mass is 14.9. The molecule has 54 valence electrons. The maximum Gasteiger partial charge on any atom is 0.144 e. The first kappa shape index (κ1) is 7.35. The summed E-state index contributed by atoms with van der Waals surface area (Å²) < 4.78 is 0. The Morgan fingerprint density at radius 2 is 2.36 bits per heavy atom. The van der Waals surface area contributed by atoms with E-state index >= 15 is 0 Å². The van der Waals surface area contributed by atoms with E-state index in [-0.39, 0.29) is 0 Å². The van der Waals surface area contributed by atoms with Crippen molar-refractivity contribution in [2.75, 3.05) is 0 Å². The first-order valence-electron chi connectivity index (χ1n) is 3.02. The molecule has 0 aliphatic rings. The van der Waals surface area contributed by atoms with Crippen LogP contribution in [0.25, 0.3) is 0 Å². The summed E-state index contributed by atoms with van der Waals surface area (Å²) in [7, 11) is 0. The monoisotopic (exact) mass is 146 g/mol. The molecule has 1 aromatic rings. The molecule has 1 heterocycles. The molecule has 4 heteroatoms. The number of nitriles is 1. The van der Waals surface area contributed by atoms with Crippen LogP contribution in [0.2, 0.25) is 0 Å². The molecule has 11 heavy (non-hydrogen) atoms. The third-order valence-corrected chi connectivity index (χ3v) is 1.12. The smallest absolute Gasteiger partial charge is 0.144 e. The molecule has 0 saturated carbocycles. The van der Waals surface area contributed by atoms with Crippen LogP contribution in [-0.4, -0.2) is 16.2 Å². The van der Waals surface area contributed by atoms with Crippen molar-refractivity contribution in [2.45, 2.75) is 6.92 Å². The summed E-state index contributed by atoms with van der Waals surface area (Å²) >= 11 is 0. The van der Waals surface area contributed by atoms with Crippen molar-refractivity contribution in [3.8, 4) is 6.07 Å². The molecule has 0 amide bonds. The molecule has 0 aliphatic carbocycles. The van der Waals surface area contributed by atoms with Gasteiger partial charge in [0.1, 0.15) is 17.6 Å². The maximum absolute atomic E-state index is 8.47. The minimum atomic E-state index is 0.302. The predicted octanol–water partition coefficient (Wildman–Crippen LogP) is 0.654. The quantitative estimate of drug-likeness (QED) is 0.591. The van der Waals surface area contributed by atoms with E-state index in [4.69, 9.17) is 10.7 Å². The van der Waals surface area contributed by atoms with Crippen LogP contribution < -0.4 is 0 Å². The number of nitrogens with zero attached hydrogens (tertiary/aromatic N) is 3. The summed E-state index contributed by atoms with van der Waals surface area (Å²) in [5.41, 5.74) is 0.769. The summed E-state index contributed by atoms with van der Waals surface area (Å²) in [4.78, 5) is 7.72. The minimum absolute atomic E-state index is 0.302. The second kappa shape index (κ2) is 2.88. The molecule has 1 N–H and O–H groups in total. The Kier molecular flexibility index (Phi) is 1.93. The Bertz CT molecular complexity index is 324. The molecule has 4 nitrogen and oxygen atoms in total. The van der Waals surface area contributed by atoms with Gasteiger partial charge in [0.25, 0.3) is 0 Å². The van der Waals surface area contributed by atoms with Gasteiger partial charge < -0.3 is 5.41 Å². The second-order valence-electron chi connectivity index (χ2n) is 1.98. The van der Waals surface area contributed by atoms with Crippen LogP contribution in [0, 0.1) is 23.7 Å². The molecule has 0 aliphatic heterocycles. The van der Waals surface area contributed by atoms with Crippen molar-refractivity contribution in [2.24, 2.45) is 0 Å². The highest BCUT2D eigenvalue weighted by molar-refractivity contribution is 5.74. The van der Waals surface area contributed by atoms with E-state index in [2.05, 4.69) is 9.97 Å². The van der Waals surface area contributed by atoms with Gasteiger partial charge in [-0.05, 0) is 6.92 Å². The zero-order valence-electron chi connectivity index (χ0n) is 6.00. The van der Waals surface area contributed by atoms with E-state index in [0.29, 0.717) is 17.2 Å². The van der Waals surface area contributed by atoms with Crippen LogP contribution in [0.4, 0.5) is 0 Å². The summed E-state index contributed by atoms with van der Waals surface area (Å²) in [6.45, 7) is 1.69. The van der Waals surface area contributed by atoms with E-state index in [0.717, 1.165) is 6.21 Å². The van der Waals surface area contributed by atoms with Gasteiger partial charge >= 0.3 is 0 Å². The van der Waals surface area contributed by atoms with Crippen LogP contribution in [0.15, 0.2) is 6.07 Å². The molecule has 1 rings (SSSR count). The Morgan fingerprint density at radius 1 is 1.64 bits per heavy atom. The lowest BCUT2D eigenvalue weighted by molar-refractivity contribution is 1.03. The van der Waals surface area contributed by atoms with Crippen LogP contribution in [-0.2, 0) is 0 Å². The molecular formula is C7H6N4. The summed E-state index contributed by atoms with van der Waals surface area (Å²) in [5, 5.41) is 15.4. The number of hydrogen-bond acceptors (Lipinski definition) is 4. The molecule has 0 unspecified atom stereocenters. The third-order valence-electron chi connectivity index (χ3n) is 1.12. The van der Waals surface area contributed by atoms with E-state index in [1.54, 1.807) is 6.92 Å². The SMILES string of the molecule is Cc1nc(C#N)cc(C=N)n1. The first-order valence-corrected chi connectivity index (χ1v) is 3.02. The fourth-order valence-corrected chi connectivity index (χ4v) is 0.722. The summed E-state index contributed by atoms with van der Waals surface area (Å²) in [6, 6.07) is 3.36. The zero-order valence-corrected chi connectivity index (χ0v) is 6.00. The highest BCUT2D eigenvalue weighted by Crippen LogP contribution is 1.96. The Labute approximate surface area is 64.0 Å². The molecule has 0 radical (unpaired) electrons. The molecule has 0 saturated heterocycles. The number of aryl methyl sites for hydroxylation is 1. The minimum Gasteiger partial charge on any atom is -0.307 e. The van der Waals surface area contributed by atoms with Gasteiger partial charge in [0.05, 0.1) is 5.69 Å². The lowest BCUT2D eigenvalue weighted by Crippen LogP contribution is -1.96. The van der Waals surface area contributed by atoms with Gasteiger partial charge in [0.2, 0.25) is 0 Å². The van der Waals surface area contributed by atoms with Gasteiger partial charge in [-0.15, -0.1) is 0 Å². The molecule has 1 aromatic heterocycles. The zero-order chi connectivity index (χ0) is 8.27. The summed E-state index contributed by atoms with van der Waals surface area (Å²) in [6.07, 6.45) is 1.09. The van der Waals surface area contributed by atoms with Gasteiger partial charge in [-0.3, -0.25) is 0 Å². The molecule has 0 spiro atoms. The van der Waals surface area contributed by atoms with Gasteiger partial charge in [-0.25, -0.2) is 9.97 Å². The Hall–Kier alpha value is -1.76. The van der Waals surface area contributed by atoms with Crippen LogP contribution in [0.1, 0.15) is 17.2 Å². The standard InChI is InChI=1S/C7H6N4/c1-5-10-6(3-8)2-7(4-9)11-5/h2-3,8H,1H3. The van der Waals surface area contributed by atoms with Crippen molar-refractivity contribution in [1.29, 1.82) is 10.7 Å². The predicted molar refractivity (Wildman–Crippen MR) is 39.4 cm³/mol. The van der Waals surface area contributed by atoms with Gasteiger partial charge in [-0.1, -0.05) is 0 Å². The fraction of sp³-hybridized carbons (Fsp3) is 0.143. The van der Waals surface area contributed by atoms with Crippen LogP contribution >= 0.6 is 0 Å². The average Bonchev–Trinajstić information content (AvgIpc) is 2.03. The number of hydrogen-bond donors (Lipinski definition) is 1. The van der Waals surface area contributed by atoms with Gasteiger partial charge in [0, 0.05) is 12.3 Å². The van der Waals surface area contributed by atoms with Crippen LogP contribution in [0.3, 0.4) is 0 Å². The lowest BCUT2D eigenvalue weighted by Gasteiger charge is -1.93. The Balaban J connectivity index is 3.25. The number of aromatic nitrogens is 2. The van der Waals surface area contributed by atoms with Crippen molar-refractivity contribution < 1.29 is 0 Å². The molecule has 0 fully saturated rings. The first-order chi connectivity index (χ1) is 5.26. The largest absolute Gasteiger partial charge is 0.307 e. The third kappa shape index (κ3) is 1.58. The van der Waals surface area contributed by atoms with E-state index < -0.39 is 0 Å². The van der Waals surface area contributed by atoms with Crippen molar-refractivity contribution in [3.63, 3.8) is 0 Å². The van der Waals surface area contributed by atoms with E-state index in [9.17, 15) is 0 Å². The lowest BCUT2D eigenvalue weighted by atomic mass is 10.3. The average molecular weight is 146 g/mol. The number of nitrogens with one attached hydrogen (secondary N) is 1. The maximum atomic E-state index is 8.47. The van der Waals surface area contributed by atoms with Gasteiger partial charge in [0.15, 0.2) is 0 Å². The van der Waals surface area contributed by atoms with Crippen molar-refractivity contribution in [3.05, 3.63) is 23.3 Å². The molecular weight excluding hydrogens is 140 g/mol. The normalized spacial score (nSPS) is 8.73. The molecule has 0 bridgehead atoms. The Morgan fingerprint density at radius 3 is 2.91 bits per heavy atom. The second-order valence-corrected chi connectivity index (χ2v) is 1.98. The van der Waals surface area contributed by atoms with Crippen LogP contribution in [0.5, 0.6) is 0 Å². The highest BCUT2D eigenvalue weighted by Gasteiger charge is 1.96. The molecule has 0 atom stereocenters. The van der Waals surface area contributed by atoms with E-state index in [1.165, 1.54) is 6.07 Å². The van der Waals surface area contributed by atoms with E-state index in [1.807, 2.05) is 6.07 Å². The van der Waals surface area contributed by atoms with Gasteiger partial charge in [-0.2, -0.15) is 5.26 Å². The topological polar surface area (TPSA) is 73.4 Å². The van der Waals surface area contributed by atoms with Crippen molar-refractivity contribution in [1.82, 2.24) is 9.97 Å². The number of rotatable bonds is 1. The summed E-state index contributed by atoms with van der Waals surface area (Å²) in [5.74, 6) is 0.516. The fourth-order valence-electron chi connectivity index (χ4n) is 0.722.